The molecule has 6 fully saturated rings. The van der Waals surface area contributed by atoms with Gasteiger partial charge in [-0.15, -0.1) is 0 Å². The summed E-state index contributed by atoms with van der Waals surface area (Å²) in [7, 11) is 1.30. The van der Waals surface area contributed by atoms with Crippen molar-refractivity contribution in [3.63, 3.8) is 0 Å². The van der Waals surface area contributed by atoms with Gasteiger partial charge in [0.25, 0.3) is 5.97 Å². The molecule has 1 aromatic rings. The van der Waals surface area contributed by atoms with Crippen molar-refractivity contribution in [2.24, 2.45) is 28.1 Å². The van der Waals surface area contributed by atoms with Crippen molar-refractivity contribution in [3.05, 3.63) is 47.5 Å². The molecular weight excluding hydrogens is 636 g/mol. The Morgan fingerprint density at radius 1 is 1.16 bits per heavy atom. The molecule has 4 aliphatic carbocycles. The summed E-state index contributed by atoms with van der Waals surface area (Å²) in [5.74, 6) is -4.61. The molecule has 1 aromatic heterocycles. The molecule has 0 aromatic carbocycles. The van der Waals surface area contributed by atoms with E-state index >= 15 is 0 Å². The van der Waals surface area contributed by atoms with E-state index < -0.39 is 86.8 Å². The van der Waals surface area contributed by atoms with Crippen molar-refractivity contribution in [3.8, 4) is 0 Å². The van der Waals surface area contributed by atoms with Gasteiger partial charge in [0.1, 0.15) is 29.5 Å². The van der Waals surface area contributed by atoms with Crippen LogP contribution >= 0.6 is 0 Å². The highest BCUT2D eigenvalue weighted by molar-refractivity contribution is 5.88. The predicted molar refractivity (Wildman–Crippen MR) is 168 cm³/mol. The predicted octanol–water partition coefficient (Wildman–Crippen LogP) is 4.19. The zero-order chi connectivity index (χ0) is 35.4. The maximum Gasteiger partial charge on any atom is 0.333 e. The third-order valence-electron chi connectivity index (χ3n) is 14.5. The highest BCUT2D eigenvalue weighted by Crippen LogP contribution is 2.88. The Kier molecular flexibility index (Phi) is 6.52. The van der Waals surface area contributed by atoms with E-state index in [2.05, 4.69) is 0 Å². The van der Waals surface area contributed by atoms with Crippen molar-refractivity contribution in [2.45, 2.75) is 127 Å². The monoisotopic (exact) mass is 682 g/mol. The van der Waals surface area contributed by atoms with Crippen LogP contribution in [0.15, 0.2) is 46.3 Å². The molecule has 2 saturated heterocycles. The van der Waals surface area contributed by atoms with Crippen LogP contribution in [0.2, 0.25) is 0 Å². The standard InChI is InChI=1S/C37H46O12/c1-9-19(3)27(40)46-28-31(6)18-33(41)32(7,22(31)15-24(38)43-8)34-13-12-30(5)23(16-25(39)45-26(30)21-11-14-44-17-21)36(34)29(35(28,33)42)47-37(48-34,49-36)20(4)10-2/h9,11,14,16-17,20,22,26,28-29,41-42H,10,12-13,15,18H2,1-8H3/b19-9+/t20?,22-,26-,28-,29+,30+,31-,32+,33+,34-,35-,36+,37?/m0/s1. The van der Waals surface area contributed by atoms with Crippen LogP contribution in [0.5, 0.6) is 0 Å². The van der Waals surface area contributed by atoms with Crippen molar-refractivity contribution >= 4 is 17.9 Å². The summed E-state index contributed by atoms with van der Waals surface area (Å²) >= 11 is 0. The van der Waals surface area contributed by atoms with Gasteiger partial charge in [-0.25, -0.2) is 9.59 Å². The van der Waals surface area contributed by atoms with E-state index in [1.165, 1.54) is 19.4 Å². The minimum absolute atomic E-state index is 0.0190. The van der Waals surface area contributed by atoms with Gasteiger partial charge < -0.3 is 43.1 Å². The smallest absolute Gasteiger partial charge is 0.333 e. The number of carbonyl (C=O) groups excluding carboxylic acids is 3. The summed E-state index contributed by atoms with van der Waals surface area (Å²) in [5, 5.41) is 26.9. The minimum Gasteiger partial charge on any atom is -0.472 e. The van der Waals surface area contributed by atoms with Crippen molar-refractivity contribution < 1.29 is 57.4 Å². The van der Waals surface area contributed by atoms with Crippen LogP contribution in [-0.4, -0.2) is 75.8 Å². The van der Waals surface area contributed by atoms with E-state index in [1.807, 2.05) is 34.6 Å². The number of aliphatic hydroxyl groups is 2. The van der Waals surface area contributed by atoms with Crippen molar-refractivity contribution in [1.29, 1.82) is 0 Å². The fourth-order valence-electron chi connectivity index (χ4n) is 11.9. The molecule has 4 bridgehead atoms. The topological polar surface area (TPSA) is 160 Å². The average Bonchev–Trinajstić information content (AvgIpc) is 3.86. The van der Waals surface area contributed by atoms with Gasteiger partial charge in [-0.05, 0) is 57.1 Å². The van der Waals surface area contributed by atoms with Gasteiger partial charge in [-0.3, -0.25) is 4.79 Å². The molecule has 12 heteroatoms. The number of esters is 3. The number of carbonyl (C=O) groups is 3. The molecule has 266 valence electrons. The number of hydrogen-bond acceptors (Lipinski definition) is 12. The second-order valence-corrected chi connectivity index (χ2v) is 16.2. The van der Waals surface area contributed by atoms with E-state index in [0.717, 1.165) is 0 Å². The number of allylic oxidation sites excluding steroid dienone is 1. The van der Waals surface area contributed by atoms with Crippen LogP contribution in [-0.2, 0) is 42.8 Å². The number of cyclic esters (lactones) is 1. The molecule has 4 saturated carbocycles. The SMILES string of the molecule is C/C=C(\C)C(=O)O[C@H]1[C@@]2(C)C[C@]3(O)[C@@]1(O)[C@H]1OC4(C(C)CC)O[C@@]5(CC[C@]6(C)C(=CC(=O)O[C@H]6c6ccoc6)[C@@]15O4)[C@]3(C)[C@H]2CC(=O)OC. The Bertz CT molecular complexity index is 1720. The number of fused-ring (bicyclic) bond motifs is 4. The van der Waals surface area contributed by atoms with Crippen LogP contribution in [0.3, 0.4) is 0 Å². The largest absolute Gasteiger partial charge is 0.472 e. The Balaban J connectivity index is 1.44. The fourth-order valence-corrected chi connectivity index (χ4v) is 11.9. The zero-order valence-electron chi connectivity index (χ0n) is 29.3. The molecule has 1 spiro atoms. The molecule has 2 unspecified atom stereocenters. The van der Waals surface area contributed by atoms with Crippen molar-refractivity contribution in [2.75, 3.05) is 7.11 Å². The lowest BCUT2D eigenvalue weighted by molar-refractivity contribution is -0.455. The summed E-state index contributed by atoms with van der Waals surface area (Å²) in [6, 6.07) is 1.75. The summed E-state index contributed by atoms with van der Waals surface area (Å²) in [6.45, 7) is 12.9. The van der Waals surface area contributed by atoms with Crippen LogP contribution in [0.25, 0.3) is 0 Å². The molecule has 13 atom stereocenters. The first-order valence-corrected chi connectivity index (χ1v) is 17.4. The molecule has 2 N–H and O–H groups in total. The molecule has 3 aliphatic heterocycles. The van der Waals surface area contributed by atoms with Gasteiger partial charge in [0.2, 0.25) is 0 Å². The molecule has 7 aliphatic rings. The molecule has 0 radical (unpaired) electrons. The van der Waals surface area contributed by atoms with Gasteiger partial charge in [0.05, 0.1) is 19.6 Å². The highest BCUT2D eigenvalue weighted by Gasteiger charge is 3.02. The number of rotatable bonds is 7. The lowest BCUT2D eigenvalue weighted by Gasteiger charge is -2.75. The van der Waals surface area contributed by atoms with Crippen LogP contribution in [0, 0.1) is 28.1 Å². The van der Waals surface area contributed by atoms with Crippen LogP contribution in [0.1, 0.15) is 92.2 Å². The molecule has 49 heavy (non-hydrogen) atoms. The number of ether oxygens (including phenoxy) is 6. The Morgan fingerprint density at radius 2 is 1.90 bits per heavy atom. The summed E-state index contributed by atoms with van der Waals surface area (Å²) in [5.41, 5.74) is -9.36. The Labute approximate surface area is 285 Å². The number of furan rings is 1. The fraction of sp³-hybridized carbons (Fsp3) is 0.703. The first kappa shape index (κ1) is 33.1. The van der Waals surface area contributed by atoms with E-state index in [1.54, 1.807) is 32.3 Å². The quantitative estimate of drug-likeness (QED) is 0.240. The van der Waals surface area contributed by atoms with Crippen molar-refractivity contribution in [1.82, 2.24) is 0 Å². The maximum absolute atomic E-state index is 13.7. The average molecular weight is 683 g/mol. The second-order valence-electron chi connectivity index (χ2n) is 16.2. The third kappa shape index (κ3) is 3.24. The Morgan fingerprint density at radius 3 is 2.53 bits per heavy atom. The van der Waals surface area contributed by atoms with E-state index in [9.17, 15) is 24.6 Å². The zero-order valence-corrected chi connectivity index (χ0v) is 29.3. The molecular formula is C37H46O12. The first-order valence-electron chi connectivity index (χ1n) is 17.4. The van der Waals surface area contributed by atoms with Gasteiger partial charge in [0, 0.05) is 45.8 Å². The minimum atomic E-state index is -2.28. The maximum atomic E-state index is 13.7. The molecule has 8 rings (SSSR count). The summed E-state index contributed by atoms with van der Waals surface area (Å²) in [4.78, 5) is 40.6. The third-order valence-corrected chi connectivity index (χ3v) is 14.5. The lowest BCUT2D eigenvalue weighted by atomic mass is 9.35. The highest BCUT2D eigenvalue weighted by atomic mass is 17.0. The normalized spacial score (nSPS) is 50.7. The molecule has 0 amide bonds. The van der Waals surface area contributed by atoms with Crippen LogP contribution in [0.4, 0.5) is 0 Å². The van der Waals surface area contributed by atoms with Gasteiger partial charge >= 0.3 is 17.9 Å². The molecule has 12 nitrogen and oxygen atoms in total. The number of methoxy groups -OCH3 is 1. The lowest BCUT2D eigenvalue weighted by Crippen LogP contribution is -2.92. The van der Waals surface area contributed by atoms with Gasteiger partial charge in [-0.1, -0.05) is 40.7 Å². The molecule has 4 heterocycles. The van der Waals surface area contributed by atoms with Crippen LogP contribution < -0.4 is 0 Å². The summed E-state index contributed by atoms with van der Waals surface area (Å²) < 4.78 is 44.4. The van der Waals surface area contributed by atoms with E-state index in [0.29, 0.717) is 36.0 Å². The number of hydrogen-bond donors (Lipinski definition) is 2. The van der Waals surface area contributed by atoms with E-state index in [4.69, 9.17) is 32.8 Å². The summed E-state index contributed by atoms with van der Waals surface area (Å²) in [6.07, 6.45) is 3.74. The van der Waals surface area contributed by atoms with E-state index in [-0.39, 0.29) is 18.8 Å². The van der Waals surface area contributed by atoms with Gasteiger partial charge in [0.15, 0.2) is 11.2 Å². The first-order chi connectivity index (χ1) is 23.0. The Hall–Kier alpha value is -3.03. The van der Waals surface area contributed by atoms with Gasteiger partial charge in [-0.2, -0.15) is 0 Å². The second kappa shape index (κ2) is 9.64.